The maximum Gasteiger partial charge on any atom is 0.246 e. The first kappa shape index (κ1) is 18.7. The summed E-state index contributed by atoms with van der Waals surface area (Å²) in [6.45, 7) is 6.00. The molecule has 2 saturated heterocycles. The maximum atomic E-state index is 12.6. The summed E-state index contributed by atoms with van der Waals surface area (Å²) in [6.07, 6.45) is 6.97. The van der Waals surface area contributed by atoms with Crippen molar-refractivity contribution in [1.29, 1.82) is 0 Å². The largest absolute Gasteiger partial charge is 0.339 e. The van der Waals surface area contributed by atoms with Crippen LogP contribution in [0.3, 0.4) is 0 Å². The van der Waals surface area contributed by atoms with Gasteiger partial charge in [-0.3, -0.25) is 9.59 Å². The summed E-state index contributed by atoms with van der Waals surface area (Å²) in [5, 5.41) is 7.52. The Morgan fingerprint density at radius 1 is 1.33 bits per heavy atom. The molecule has 1 N–H and O–H groups in total. The normalized spacial score (nSPS) is 24.0. The molecule has 2 aliphatic heterocycles. The number of hydrogen-bond acceptors (Lipinski definition) is 4. The van der Waals surface area contributed by atoms with Crippen LogP contribution in [0.25, 0.3) is 0 Å². The quantitative estimate of drug-likeness (QED) is 0.809. The predicted octanol–water partition coefficient (Wildman–Crippen LogP) is 2.79. The summed E-state index contributed by atoms with van der Waals surface area (Å²) < 4.78 is 0. The van der Waals surface area contributed by atoms with Crippen molar-refractivity contribution in [2.75, 3.05) is 26.2 Å². The van der Waals surface area contributed by atoms with Crippen molar-refractivity contribution in [2.45, 2.75) is 51.6 Å². The number of carbonyl (C=O) groups is 2. The monoisotopic (exact) mass is 387 g/mol. The van der Waals surface area contributed by atoms with Gasteiger partial charge in [0.05, 0.1) is 0 Å². The molecule has 1 unspecified atom stereocenters. The minimum Gasteiger partial charge on any atom is -0.339 e. The summed E-state index contributed by atoms with van der Waals surface area (Å²) in [5.74, 6) is 0.345. The van der Waals surface area contributed by atoms with Crippen molar-refractivity contribution in [3.05, 3.63) is 34.0 Å². The second kappa shape index (κ2) is 7.76. The minimum atomic E-state index is 0.164. The Labute approximate surface area is 165 Å². The Morgan fingerprint density at radius 2 is 2.07 bits per heavy atom. The van der Waals surface area contributed by atoms with Crippen LogP contribution in [0.15, 0.2) is 28.5 Å². The molecule has 5 nitrogen and oxygen atoms in total. The lowest BCUT2D eigenvalue weighted by atomic mass is 9.92. The fourth-order valence-corrected chi connectivity index (χ4v) is 5.31. The number of piperidine rings is 2. The number of likely N-dealkylation sites (tertiary alicyclic amines) is 1. The third-order valence-corrected chi connectivity index (χ3v) is 7.24. The second-order valence-corrected chi connectivity index (χ2v) is 9.02. The summed E-state index contributed by atoms with van der Waals surface area (Å²) in [6, 6.07) is 2.44. The van der Waals surface area contributed by atoms with Gasteiger partial charge in [-0.25, -0.2) is 0 Å². The van der Waals surface area contributed by atoms with Crippen LogP contribution in [0, 0.1) is 5.41 Å². The number of amides is 2. The highest BCUT2D eigenvalue weighted by Crippen LogP contribution is 2.57. The van der Waals surface area contributed by atoms with Gasteiger partial charge in [0, 0.05) is 38.7 Å². The Balaban J connectivity index is 1.33. The van der Waals surface area contributed by atoms with E-state index in [0.717, 1.165) is 58.3 Å². The van der Waals surface area contributed by atoms with E-state index in [0.29, 0.717) is 12.6 Å². The smallest absolute Gasteiger partial charge is 0.246 e. The summed E-state index contributed by atoms with van der Waals surface area (Å²) in [7, 11) is 0. The van der Waals surface area contributed by atoms with Crippen LogP contribution in [-0.2, 0) is 16.1 Å². The number of nitrogens with zero attached hydrogens (tertiary/aromatic N) is 2. The van der Waals surface area contributed by atoms with Crippen LogP contribution < -0.4 is 5.32 Å². The first-order valence-corrected chi connectivity index (χ1v) is 11.0. The van der Waals surface area contributed by atoms with E-state index in [2.05, 4.69) is 27.0 Å². The average molecular weight is 388 g/mol. The lowest BCUT2D eigenvalue weighted by molar-refractivity contribution is -0.132. The number of hydrogen-bond donors (Lipinski definition) is 1. The first-order chi connectivity index (χ1) is 13.1. The molecule has 3 heterocycles. The topological polar surface area (TPSA) is 52.7 Å². The van der Waals surface area contributed by atoms with E-state index in [1.807, 2.05) is 11.0 Å². The standard InChI is InChI=1S/C21H29N3O2S/c1-16(25)24(14-18-4-11-27-15-18)19-13-21(19)5-9-23(10-6-21)20(26)12-17-2-7-22-8-3-17/h4,11-12,15,19,22H,2-3,5-10,13-14H2,1H3. The molecule has 1 aromatic heterocycles. The SMILES string of the molecule is CC(=O)N(Cc1ccsc1)C1CC12CCN(C(=O)C=C1CCNCC1)CC2. The van der Waals surface area contributed by atoms with Gasteiger partial charge in [-0.15, -0.1) is 0 Å². The lowest BCUT2D eigenvalue weighted by Crippen LogP contribution is -2.42. The van der Waals surface area contributed by atoms with Crippen LogP contribution >= 0.6 is 11.3 Å². The van der Waals surface area contributed by atoms with E-state index in [9.17, 15) is 9.59 Å². The van der Waals surface area contributed by atoms with Gasteiger partial charge < -0.3 is 15.1 Å². The molecule has 0 aromatic carbocycles. The third-order valence-electron chi connectivity index (χ3n) is 6.50. The zero-order valence-electron chi connectivity index (χ0n) is 16.1. The van der Waals surface area contributed by atoms with Crippen molar-refractivity contribution >= 4 is 23.2 Å². The van der Waals surface area contributed by atoms with Crippen LogP contribution in [0.5, 0.6) is 0 Å². The molecule has 3 fully saturated rings. The van der Waals surface area contributed by atoms with E-state index >= 15 is 0 Å². The Bertz CT molecular complexity index is 712. The van der Waals surface area contributed by atoms with Gasteiger partial charge in [-0.05, 0) is 73.0 Å². The van der Waals surface area contributed by atoms with E-state index in [1.54, 1.807) is 18.3 Å². The molecule has 0 bridgehead atoms. The number of rotatable bonds is 4. The molecule has 6 heteroatoms. The predicted molar refractivity (Wildman–Crippen MR) is 107 cm³/mol. The van der Waals surface area contributed by atoms with Crippen molar-refractivity contribution < 1.29 is 9.59 Å². The molecule has 3 aliphatic rings. The van der Waals surface area contributed by atoms with Crippen LogP contribution in [0.4, 0.5) is 0 Å². The van der Waals surface area contributed by atoms with Gasteiger partial charge in [-0.1, -0.05) is 5.57 Å². The molecule has 2 amide bonds. The number of thiophene rings is 1. The van der Waals surface area contributed by atoms with Gasteiger partial charge in [-0.2, -0.15) is 11.3 Å². The van der Waals surface area contributed by atoms with Gasteiger partial charge >= 0.3 is 0 Å². The fourth-order valence-electron chi connectivity index (χ4n) is 4.66. The van der Waals surface area contributed by atoms with Gasteiger partial charge in [0.15, 0.2) is 0 Å². The molecule has 146 valence electrons. The summed E-state index contributed by atoms with van der Waals surface area (Å²) in [5.41, 5.74) is 2.74. The molecule has 1 aliphatic carbocycles. The van der Waals surface area contributed by atoms with E-state index in [4.69, 9.17) is 0 Å². The zero-order valence-corrected chi connectivity index (χ0v) is 16.9. The zero-order chi connectivity index (χ0) is 18.9. The van der Waals surface area contributed by atoms with Crippen LogP contribution in [0.2, 0.25) is 0 Å². The highest BCUT2D eigenvalue weighted by molar-refractivity contribution is 7.07. The van der Waals surface area contributed by atoms with E-state index < -0.39 is 0 Å². The summed E-state index contributed by atoms with van der Waals surface area (Å²) in [4.78, 5) is 28.9. The van der Waals surface area contributed by atoms with Crippen molar-refractivity contribution in [3.63, 3.8) is 0 Å². The Kier molecular flexibility index (Phi) is 5.37. The third kappa shape index (κ3) is 4.11. The highest BCUT2D eigenvalue weighted by atomic mass is 32.1. The van der Waals surface area contributed by atoms with Crippen molar-refractivity contribution in [2.24, 2.45) is 5.41 Å². The molecular formula is C21H29N3O2S. The maximum absolute atomic E-state index is 12.6. The second-order valence-electron chi connectivity index (χ2n) is 8.24. The van der Waals surface area contributed by atoms with Gasteiger partial charge in [0.25, 0.3) is 0 Å². The average Bonchev–Trinajstić information content (AvgIpc) is 3.10. The summed E-state index contributed by atoms with van der Waals surface area (Å²) >= 11 is 1.68. The lowest BCUT2D eigenvalue weighted by Gasteiger charge is -2.34. The molecule has 0 radical (unpaired) electrons. The number of nitrogens with one attached hydrogen (secondary N) is 1. The Hall–Kier alpha value is -1.66. The van der Waals surface area contributed by atoms with Gasteiger partial charge in [0.1, 0.15) is 0 Å². The molecular weight excluding hydrogens is 358 g/mol. The molecule has 4 rings (SSSR count). The van der Waals surface area contributed by atoms with Crippen molar-refractivity contribution in [3.8, 4) is 0 Å². The minimum absolute atomic E-state index is 0.164. The molecule has 1 aromatic rings. The van der Waals surface area contributed by atoms with E-state index in [-0.39, 0.29) is 17.2 Å². The molecule has 1 spiro atoms. The highest BCUT2D eigenvalue weighted by Gasteiger charge is 2.58. The fraction of sp³-hybridized carbons (Fsp3) is 0.619. The van der Waals surface area contributed by atoms with Gasteiger partial charge in [0.2, 0.25) is 11.8 Å². The molecule has 27 heavy (non-hydrogen) atoms. The molecule has 1 saturated carbocycles. The molecule has 1 atom stereocenters. The number of carbonyl (C=O) groups excluding carboxylic acids is 2. The first-order valence-electron chi connectivity index (χ1n) is 10.0. The Morgan fingerprint density at radius 3 is 2.70 bits per heavy atom. The van der Waals surface area contributed by atoms with Crippen molar-refractivity contribution in [1.82, 2.24) is 15.1 Å². The van der Waals surface area contributed by atoms with Crippen LogP contribution in [-0.4, -0.2) is 53.8 Å². The van der Waals surface area contributed by atoms with Crippen LogP contribution in [0.1, 0.15) is 44.6 Å². The van der Waals surface area contributed by atoms with E-state index in [1.165, 1.54) is 11.1 Å².